The molecule has 0 radical (unpaired) electrons. The molecule has 1 atom stereocenters. The third-order valence-corrected chi connectivity index (χ3v) is 6.90. The van der Waals surface area contributed by atoms with Gasteiger partial charge in [-0.25, -0.2) is 9.18 Å². The first-order chi connectivity index (χ1) is 16.2. The van der Waals surface area contributed by atoms with Crippen LogP contribution in [0.25, 0.3) is 0 Å². The van der Waals surface area contributed by atoms with Crippen LogP contribution in [0.2, 0.25) is 0 Å². The number of nitrogens with zero attached hydrogens (tertiary/aromatic N) is 2. The largest absolute Gasteiger partial charge is 0.461 e. The summed E-state index contributed by atoms with van der Waals surface area (Å²) in [5, 5.41) is 0. The van der Waals surface area contributed by atoms with Crippen LogP contribution < -0.4 is 0 Å². The number of hydrogen-bond donors (Lipinski definition) is 0. The van der Waals surface area contributed by atoms with E-state index in [1.807, 2.05) is 13.8 Å². The van der Waals surface area contributed by atoms with Gasteiger partial charge in [-0.2, -0.15) is 0 Å². The van der Waals surface area contributed by atoms with E-state index in [9.17, 15) is 18.8 Å². The summed E-state index contributed by atoms with van der Waals surface area (Å²) in [6.07, 6.45) is 3.64. The van der Waals surface area contributed by atoms with E-state index in [1.165, 1.54) is 12.1 Å². The van der Waals surface area contributed by atoms with Gasteiger partial charge in [-0.1, -0.05) is 25.0 Å². The first kappa shape index (κ1) is 25.7. The SMILES string of the molecule is CCOC(=O)c1c(C)c(C(=O)C(C)N(Cc2ccc(F)cc2)C(=O)C2CCCC2)c(C)n1CC. The number of halogens is 1. The number of carbonyl (C=O) groups is 3. The third-order valence-electron chi connectivity index (χ3n) is 6.90. The van der Waals surface area contributed by atoms with Crippen LogP contribution in [0.4, 0.5) is 4.39 Å². The maximum absolute atomic E-state index is 13.8. The molecular formula is C27H35FN2O4. The number of ether oxygens (including phenoxy) is 1. The highest BCUT2D eigenvalue weighted by Gasteiger charge is 2.36. The fourth-order valence-corrected chi connectivity index (χ4v) is 5.07. The number of aromatic nitrogens is 1. The molecule has 1 fully saturated rings. The van der Waals surface area contributed by atoms with Crippen molar-refractivity contribution in [2.45, 2.75) is 79.4 Å². The van der Waals surface area contributed by atoms with Crippen LogP contribution >= 0.6 is 0 Å². The Kier molecular flexibility index (Phi) is 8.28. The van der Waals surface area contributed by atoms with Crippen molar-refractivity contribution in [3.05, 3.63) is 58.2 Å². The molecule has 1 amide bonds. The Labute approximate surface area is 201 Å². The standard InChI is InChI=1S/C27H35FN2O4/c1-6-29-18(4)23(17(3)24(29)27(33)34-7-2)25(31)19(5)30(26(32)21-10-8-9-11-21)16-20-12-14-22(28)15-13-20/h12-15,19,21H,6-11,16H2,1-5H3. The molecule has 1 aromatic carbocycles. The Hall–Kier alpha value is -2.96. The van der Waals surface area contributed by atoms with Crippen molar-refractivity contribution in [3.63, 3.8) is 0 Å². The average Bonchev–Trinajstić information content (AvgIpc) is 3.44. The topological polar surface area (TPSA) is 68.6 Å². The lowest BCUT2D eigenvalue weighted by Crippen LogP contribution is -2.45. The van der Waals surface area contributed by atoms with Crippen LogP contribution in [0.15, 0.2) is 24.3 Å². The lowest BCUT2D eigenvalue weighted by atomic mass is 9.97. The zero-order valence-corrected chi connectivity index (χ0v) is 20.8. The second kappa shape index (κ2) is 11.0. The molecule has 1 unspecified atom stereocenters. The van der Waals surface area contributed by atoms with Crippen molar-refractivity contribution in [1.29, 1.82) is 0 Å². The van der Waals surface area contributed by atoms with Gasteiger partial charge < -0.3 is 14.2 Å². The molecule has 0 saturated heterocycles. The third kappa shape index (κ3) is 5.08. The van der Waals surface area contributed by atoms with Crippen LogP contribution in [0.3, 0.4) is 0 Å². The molecule has 184 valence electrons. The van der Waals surface area contributed by atoms with E-state index >= 15 is 0 Å². The Morgan fingerprint density at radius 1 is 1.12 bits per heavy atom. The minimum Gasteiger partial charge on any atom is -0.461 e. The summed E-state index contributed by atoms with van der Waals surface area (Å²) in [6.45, 7) is 9.96. The minimum absolute atomic E-state index is 0.0430. The Morgan fingerprint density at radius 2 is 1.74 bits per heavy atom. The van der Waals surface area contributed by atoms with Gasteiger partial charge in [0, 0.05) is 30.3 Å². The summed E-state index contributed by atoms with van der Waals surface area (Å²) in [7, 11) is 0. The van der Waals surface area contributed by atoms with Gasteiger partial charge in [-0.05, 0) is 70.7 Å². The van der Waals surface area contributed by atoms with Gasteiger partial charge in [0.25, 0.3) is 0 Å². The number of rotatable bonds is 9. The zero-order valence-electron chi connectivity index (χ0n) is 20.8. The van der Waals surface area contributed by atoms with E-state index in [4.69, 9.17) is 4.74 Å². The summed E-state index contributed by atoms with van der Waals surface area (Å²) >= 11 is 0. The van der Waals surface area contributed by atoms with Gasteiger partial charge in [0.2, 0.25) is 5.91 Å². The molecule has 1 aliphatic rings. The Morgan fingerprint density at radius 3 is 2.29 bits per heavy atom. The van der Waals surface area contributed by atoms with Crippen molar-refractivity contribution in [2.24, 2.45) is 5.92 Å². The molecule has 1 heterocycles. The van der Waals surface area contributed by atoms with E-state index in [-0.39, 0.29) is 36.6 Å². The maximum atomic E-state index is 13.8. The van der Waals surface area contributed by atoms with Crippen molar-refractivity contribution < 1.29 is 23.5 Å². The predicted octanol–water partition coefficient (Wildman–Crippen LogP) is 5.23. The summed E-state index contributed by atoms with van der Waals surface area (Å²) in [5.41, 5.74) is 2.86. The monoisotopic (exact) mass is 470 g/mol. The molecule has 0 spiro atoms. The zero-order chi connectivity index (χ0) is 25.0. The molecule has 34 heavy (non-hydrogen) atoms. The molecular weight excluding hydrogens is 435 g/mol. The number of esters is 1. The number of Topliss-reactive ketones (excluding diaryl/α,β-unsaturated/α-hetero) is 1. The molecule has 1 aromatic heterocycles. The molecule has 7 heteroatoms. The normalized spacial score (nSPS) is 14.8. The highest BCUT2D eigenvalue weighted by molar-refractivity contribution is 6.06. The number of amides is 1. The number of ketones is 1. The number of benzene rings is 1. The predicted molar refractivity (Wildman–Crippen MR) is 128 cm³/mol. The van der Waals surface area contributed by atoms with E-state index in [1.54, 1.807) is 42.4 Å². The van der Waals surface area contributed by atoms with Crippen molar-refractivity contribution in [2.75, 3.05) is 6.61 Å². The van der Waals surface area contributed by atoms with Crippen molar-refractivity contribution in [3.8, 4) is 0 Å². The van der Waals surface area contributed by atoms with Gasteiger partial charge in [-0.3, -0.25) is 9.59 Å². The summed E-state index contributed by atoms with van der Waals surface area (Å²) in [5.74, 6) is -1.16. The summed E-state index contributed by atoms with van der Waals surface area (Å²) < 4.78 is 20.5. The summed E-state index contributed by atoms with van der Waals surface area (Å²) in [6, 6.07) is 5.27. The van der Waals surface area contributed by atoms with Gasteiger partial charge in [0.05, 0.1) is 12.6 Å². The second-order valence-corrected chi connectivity index (χ2v) is 9.01. The van der Waals surface area contributed by atoms with Crippen LogP contribution in [-0.4, -0.2) is 39.8 Å². The van der Waals surface area contributed by atoms with Gasteiger partial charge in [0.1, 0.15) is 11.5 Å². The summed E-state index contributed by atoms with van der Waals surface area (Å²) in [4.78, 5) is 41.6. The highest BCUT2D eigenvalue weighted by atomic mass is 19.1. The molecule has 1 aliphatic carbocycles. The lowest BCUT2D eigenvalue weighted by molar-refractivity contribution is -0.137. The first-order valence-corrected chi connectivity index (χ1v) is 12.2. The molecule has 3 rings (SSSR count). The smallest absolute Gasteiger partial charge is 0.355 e. The Bertz CT molecular complexity index is 1050. The first-order valence-electron chi connectivity index (χ1n) is 12.2. The molecule has 1 saturated carbocycles. The van der Waals surface area contributed by atoms with Gasteiger partial charge >= 0.3 is 5.97 Å². The quantitative estimate of drug-likeness (QED) is 0.372. The van der Waals surface area contributed by atoms with Gasteiger partial charge in [0.15, 0.2) is 5.78 Å². The average molecular weight is 471 g/mol. The second-order valence-electron chi connectivity index (χ2n) is 9.01. The highest BCUT2D eigenvalue weighted by Crippen LogP contribution is 2.30. The van der Waals surface area contributed by atoms with Crippen molar-refractivity contribution in [1.82, 2.24) is 9.47 Å². The fourth-order valence-electron chi connectivity index (χ4n) is 5.07. The van der Waals surface area contributed by atoms with E-state index in [0.29, 0.717) is 29.1 Å². The van der Waals surface area contributed by atoms with E-state index in [2.05, 4.69) is 0 Å². The van der Waals surface area contributed by atoms with Crippen molar-refractivity contribution >= 4 is 17.7 Å². The molecule has 0 N–H and O–H groups in total. The number of hydrogen-bond acceptors (Lipinski definition) is 4. The van der Waals surface area contributed by atoms with Crippen LogP contribution in [-0.2, 0) is 22.6 Å². The van der Waals surface area contributed by atoms with E-state index in [0.717, 1.165) is 31.2 Å². The molecule has 0 bridgehead atoms. The van der Waals surface area contributed by atoms with Crippen LogP contribution in [0, 0.1) is 25.6 Å². The lowest BCUT2D eigenvalue weighted by Gasteiger charge is -2.31. The fraction of sp³-hybridized carbons (Fsp3) is 0.519. The molecule has 2 aromatic rings. The Balaban J connectivity index is 1.99. The molecule has 0 aliphatic heterocycles. The van der Waals surface area contributed by atoms with Crippen LogP contribution in [0.5, 0.6) is 0 Å². The van der Waals surface area contributed by atoms with Gasteiger partial charge in [-0.15, -0.1) is 0 Å². The minimum atomic E-state index is -0.738. The van der Waals surface area contributed by atoms with E-state index < -0.39 is 12.0 Å². The number of carbonyl (C=O) groups excluding carboxylic acids is 3. The molecule has 6 nitrogen and oxygen atoms in total. The van der Waals surface area contributed by atoms with Crippen LogP contribution in [0.1, 0.15) is 84.1 Å². The maximum Gasteiger partial charge on any atom is 0.355 e.